The maximum absolute atomic E-state index is 12.2. The molecule has 0 saturated carbocycles. The van der Waals surface area contributed by atoms with Crippen LogP contribution in [0.15, 0.2) is 42.5 Å². The predicted molar refractivity (Wildman–Crippen MR) is 149 cm³/mol. The number of aromatic nitrogens is 3. The number of unbranched alkanes of at least 4 members (excludes halogenated alkanes) is 1. The van der Waals surface area contributed by atoms with Crippen molar-refractivity contribution in [2.24, 2.45) is 0 Å². The lowest BCUT2D eigenvalue weighted by atomic mass is 10.1. The monoisotopic (exact) mass is 499 g/mol. The van der Waals surface area contributed by atoms with Crippen molar-refractivity contribution >= 4 is 33.7 Å². The molecule has 2 aromatic heterocycles. The predicted octanol–water partition coefficient (Wildman–Crippen LogP) is 5.79. The van der Waals surface area contributed by atoms with Crippen molar-refractivity contribution < 1.29 is 9.53 Å². The van der Waals surface area contributed by atoms with Gasteiger partial charge in [0.2, 0.25) is 0 Å². The number of hydrogen-bond donors (Lipinski definition) is 1. The molecule has 0 aliphatic carbocycles. The summed E-state index contributed by atoms with van der Waals surface area (Å²) >= 11 is 0. The summed E-state index contributed by atoms with van der Waals surface area (Å²) in [6.07, 6.45) is 7.07. The maximum Gasteiger partial charge on any atom is 0.337 e. The van der Waals surface area contributed by atoms with Gasteiger partial charge >= 0.3 is 5.97 Å². The molecule has 0 spiro atoms. The van der Waals surface area contributed by atoms with Crippen molar-refractivity contribution in [1.82, 2.24) is 19.4 Å². The first kappa shape index (κ1) is 25.2. The number of likely N-dealkylation sites (tertiary alicyclic amines) is 1. The average Bonchev–Trinajstić information content (AvgIpc) is 3.30. The number of methoxy groups -OCH3 is 1. The van der Waals surface area contributed by atoms with Gasteiger partial charge in [0, 0.05) is 31.9 Å². The number of piperidine rings is 1. The zero-order valence-corrected chi connectivity index (χ0v) is 22.2. The number of carbonyl (C=O) groups excluding carboxylic acids is 1. The summed E-state index contributed by atoms with van der Waals surface area (Å²) in [7, 11) is 3.26. The Morgan fingerprint density at radius 3 is 2.41 bits per heavy atom. The van der Waals surface area contributed by atoms with Crippen LogP contribution in [0.2, 0.25) is 0 Å². The van der Waals surface area contributed by atoms with E-state index in [0.717, 1.165) is 65.9 Å². The zero-order valence-electron chi connectivity index (χ0n) is 22.2. The van der Waals surface area contributed by atoms with E-state index in [1.807, 2.05) is 19.2 Å². The fourth-order valence-corrected chi connectivity index (χ4v) is 5.36. The van der Waals surface area contributed by atoms with Crippen molar-refractivity contribution in [3.05, 3.63) is 65.0 Å². The molecule has 0 bridgehead atoms. The molecule has 5 rings (SSSR count). The fourth-order valence-electron chi connectivity index (χ4n) is 5.36. The molecule has 0 unspecified atom stereocenters. The highest BCUT2D eigenvalue weighted by atomic mass is 16.5. The van der Waals surface area contributed by atoms with Gasteiger partial charge in [-0.1, -0.05) is 44.0 Å². The Labute approximate surface area is 218 Å². The number of esters is 1. The summed E-state index contributed by atoms with van der Waals surface area (Å²) in [6, 6.07) is 14.7. The molecule has 4 aromatic rings. The molecule has 7 heteroatoms. The molecule has 2 aromatic carbocycles. The summed E-state index contributed by atoms with van der Waals surface area (Å²) < 4.78 is 7.28. The Bertz CT molecular complexity index is 1390. The summed E-state index contributed by atoms with van der Waals surface area (Å²) in [4.78, 5) is 24.6. The number of fused-ring (bicyclic) bond motifs is 3. The number of anilines is 1. The fraction of sp³-hybridized carbons (Fsp3) is 0.433. The third-order valence-corrected chi connectivity index (χ3v) is 7.39. The molecule has 0 amide bonds. The first-order chi connectivity index (χ1) is 18.1. The standard InChI is InChI=1S/C30H37N5O2/c1-4-5-9-26-33-27-28(24-15-14-23(30(36)37-3)18-25(24)32-29(27)31-2)35(26)20-22-12-10-21(11-13-22)19-34-16-7-6-8-17-34/h10-15,18H,4-9,16-17,19-20H2,1-3H3,(H,31,32). The third-order valence-electron chi connectivity index (χ3n) is 7.39. The number of nitrogens with zero attached hydrogens (tertiary/aromatic N) is 4. The minimum atomic E-state index is -0.364. The number of ether oxygens (including phenoxy) is 1. The number of aryl methyl sites for hydroxylation is 1. The van der Waals surface area contributed by atoms with Crippen LogP contribution < -0.4 is 5.32 Å². The van der Waals surface area contributed by atoms with Gasteiger partial charge in [0.05, 0.1) is 23.7 Å². The van der Waals surface area contributed by atoms with Gasteiger partial charge in [-0.25, -0.2) is 14.8 Å². The Hall–Kier alpha value is -3.45. The van der Waals surface area contributed by atoms with E-state index in [1.165, 1.54) is 50.6 Å². The molecule has 7 nitrogen and oxygen atoms in total. The van der Waals surface area contributed by atoms with E-state index in [2.05, 4.69) is 46.0 Å². The lowest BCUT2D eigenvalue weighted by Gasteiger charge is -2.26. The van der Waals surface area contributed by atoms with Gasteiger partial charge in [0.25, 0.3) is 0 Å². The molecular formula is C30H37N5O2. The number of imidazole rings is 1. The summed E-state index contributed by atoms with van der Waals surface area (Å²) in [5.74, 6) is 1.42. The van der Waals surface area contributed by atoms with Crippen LogP contribution >= 0.6 is 0 Å². The lowest BCUT2D eigenvalue weighted by Crippen LogP contribution is -2.29. The Balaban J connectivity index is 1.55. The molecule has 1 saturated heterocycles. The van der Waals surface area contributed by atoms with E-state index in [4.69, 9.17) is 14.7 Å². The van der Waals surface area contributed by atoms with Gasteiger partial charge in [0.1, 0.15) is 11.3 Å². The van der Waals surface area contributed by atoms with Crippen LogP contribution in [0.1, 0.15) is 66.3 Å². The quantitative estimate of drug-likeness (QED) is 0.294. The van der Waals surface area contributed by atoms with Gasteiger partial charge in [0.15, 0.2) is 5.82 Å². The normalized spacial score (nSPS) is 14.4. The smallest absolute Gasteiger partial charge is 0.337 e. The topological polar surface area (TPSA) is 72.3 Å². The number of carbonyl (C=O) groups is 1. The maximum atomic E-state index is 12.2. The van der Waals surface area contributed by atoms with E-state index < -0.39 is 0 Å². The van der Waals surface area contributed by atoms with Gasteiger partial charge in [-0.05, 0) is 61.7 Å². The Morgan fingerprint density at radius 2 is 1.73 bits per heavy atom. The average molecular weight is 500 g/mol. The molecular weight excluding hydrogens is 462 g/mol. The summed E-state index contributed by atoms with van der Waals surface area (Å²) in [5, 5.41) is 4.21. The first-order valence-corrected chi connectivity index (χ1v) is 13.5. The lowest BCUT2D eigenvalue weighted by molar-refractivity contribution is 0.0601. The molecule has 194 valence electrons. The van der Waals surface area contributed by atoms with E-state index in [-0.39, 0.29) is 5.97 Å². The van der Waals surface area contributed by atoms with Gasteiger partial charge < -0.3 is 14.6 Å². The highest BCUT2D eigenvalue weighted by Crippen LogP contribution is 2.32. The molecule has 1 aliphatic rings. The number of pyridine rings is 1. The molecule has 1 N–H and O–H groups in total. The summed E-state index contributed by atoms with van der Waals surface area (Å²) in [6.45, 7) is 6.38. The zero-order chi connectivity index (χ0) is 25.8. The van der Waals surface area contributed by atoms with Crippen LogP contribution in [0.3, 0.4) is 0 Å². The van der Waals surface area contributed by atoms with E-state index in [0.29, 0.717) is 5.56 Å². The second kappa shape index (κ2) is 11.3. The Morgan fingerprint density at radius 1 is 1.00 bits per heavy atom. The van der Waals surface area contributed by atoms with Crippen molar-refractivity contribution in [2.45, 2.75) is 58.5 Å². The van der Waals surface area contributed by atoms with E-state index in [1.54, 1.807) is 6.07 Å². The van der Waals surface area contributed by atoms with Crippen LogP contribution in [-0.2, 0) is 24.2 Å². The van der Waals surface area contributed by atoms with Gasteiger partial charge in [-0.3, -0.25) is 4.90 Å². The number of rotatable bonds is 9. The first-order valence-electron chi connectivity index (χ1n) is 13.5. The molecule has 37 heavy (non-hydrogen) atoms. The van der Waals surface area contributed by atoms with Gasteiger partial charge in [-0.2, -0.15) is 0 Å². The van der Waals surface area contributed by atoms with Crippen molar-refractivity contribution in [3.8, 4) is 0 Å². The van der Waals surface area contributed by atoms with Crippen LogP contribution in [0, 0.1) is 0 Å². The van der Waals surface area contributed by atoms with E-state index >= 15 is 0 Å². The highest BCUT2D eigenvalue weighted by Gasteiger charge is 2.19. The highest BCUT2D eigenvalue weighted by molar-refractivity contribution is 6.08. The SMILES string of the molecule is CCCCc1nc2c(NC)nc3cc(C(=O)OC)ccc3c2n1Cc1ccc(CN2CCCCC2)cc1. The largest absolute Gasteiger partial charge is 0.465 e. The number of hydrogen-bond acceptors (Lipinski definition) is 6. The van der Waals surface area contributed by atoms with Crippen LogP contribution in [0.5, 0.6) is 0 Å². The number of nitrogens with one attached hydrogen (secondary N) is 1. The molecule has 1 fully saturated rings. The van der Waals surface area contributed by atoms with Crippen LogP contribution in [0.4, 0.5) is 5.82 Å². The summed E-state index contributed by atoms with van der Waals surface area (Å²) in [5.41, 5.74) is 5.78. The van der Waals surface area contributed by atoms with Gasteiger partial charge in [-0.15, -0.1) is 0 Å². The van der Waals surface area contributed by atoms with Crippen molar-refractivity contribution in [1.29, 1.82) is 0 Å². The molecule has 0 atom stereocenters. The second-order valence-electron chi connectivity index (χ2n) is 10.0. The minimum Gasteiger partial charge on any atom is -0.465 e. The van der Waals surface area contributed by atoms with Crippen LogP contribution in [-0.4, -0.2) is 52.7 Å². The third kappa shape index (κ3) is 5.32. The molecule has 3 heterocycles. The van der Waals surface area contributed by atoms with E-state index in [9.17, 15) is 4.79 Å². The molecule has 1 aliphatic heterocycles. The molecule has 0 radical (unpaired) electrons. The number of benzene rings is 2. The van der Waals surface area contributed by atoms with Crippen LogP contribution in [0.25, 0.3) is 21.9 Å². The second-order valence-corrected chi connectivity index (χ2v) is 10.0. The van der Waals surface area contributed by atoms with Crippen molar-refractivity contribution in [3.63, 3.8) is 0 Å². The Kier molecular flexibility index (Phi) is 7.70. The minimum absolute atomic E-state index is 0.364. The van der Waals surface area contributed by atoms with Crippen molar-refractivity contribution in [2.75, 3.05) is 32.6 Å².